The number of hydrogen-bond donors (Lipinski definition) is 0. The summed E-state index contributed by atoms with van der Waals surface area (Å²) in [5.41, 5.74) is 0. The van der Waals surface area contributed by atoms with Gasteiger partial charge in [0.15, 0.2) is 0 Å². The van der Waals surface area contributed by atoms with Crippen LogP contribution in [0.2, 0.25) is 0 Å². The maximum atomic E-state index is 11.0. The largest absolute Gasteiger partial charge is 0.462 e. The molecule has 0 aromatic heterocycles. The standard InChI is InChI=1S/C22H22O4S3/c1-3-21(23)25-13-15-27-17-5-9-19(10-6-17)29-20-11-7-18(8-12-20)28-16-14-26-22(24)4-2/h3-12H,1-2,13-16H2. The molecule has 0 atom stereocenters. The smallest absolute Gasteiger partial charge is 0.330 e. The molecule has 2 aromatic rings. The van der Waals surface area contributed by atoms with E-state index in [0.29, 0.717) is 24.7 Å². The Kier molecular flexibility index (Phi) is 10.5. The number of ether oxygens (including phenoxy) is 2. The average molecular weight is 447 g/mol. The third-order valence-corrected chi connectivity index (χ3v) is 6.38. The van der Waals surface area contributed by atoms with Gasteiger partial charge in [-0.1, -0.05) is 24.9 Å². The minimum Gasteiger partial charge on any atom is -0.462 e. The maximum absolute atomic E-state index is 11.0. The van der Waals surface area contributed by atoms with Crippen molar-refractivity contribution in [2.24, 2.45) is 0 Å². The first-order valence-electron chi connectivity index (χ1n) is 8.82. The summed E-state index contributed by atoms with van der Waals surface area (Å²) in [6, 6.07) is 16.6. The lowest BCUT2D eigenvalue weighted by molar-refractivity contribution is -0.138. The lowest BCUT2D eigenvalue weighted by Gasteiger charge is -2.06. The molecule has 0 radical (unpaired) electrons. The van der Waals surface area contributed by atoms with Crippen LogP contribution in [0.4, 0.5) is 0 Å². The van der Waals surface area contributed by atoms with Crippen molar-refractivity contribution in [2.75, 3.05) is 24.7 Å². The van der Waals surface area contributed by atoms with Gasteiger partial charge < -0.3 is 9.47 Å². The highest BCUT2D eigenvalue weighted by Gasteiger charge is 2.02. The second-order valence-corrected chi connectivity index (χ2v) is 8.97. The van der Waals surface area contributed by atoms with Gasteiger partial charge in [-0.25, -0.2) is 9.59 Å². The summed E-state index contributed by atoms with van der Waals surface area (Å²) in [6.07, 6.45) is 2.34. The minimum absolute atomic E-state index is 0.368. The van der Waals surface area contributed by atoms with Crippen molar-refractivity contribution in [3.8, 4) is 0 Å². The van der Waals surface area contributed by atoms with Gasteiger partial charge in [-0.3, -0.25) is 0 Å². The summed E-state index contributed by atoms with van der Waals surface area (Å²) in [7, 11) is 0. The second kappa shape index (κ2) is 13.2. The van der Waals surface area contributed by atoms with Crippen molar-refractivity contribution in [1.29, 1.82) is 0 Å². The first-order valence-corrected chi connectivity index (χ1v) is 11.6. The van der Waals surface area contributed by atoms with E-state index in [0.717, 1.165) is 19.6 Å². The Morgan fingerprint density at radius 3 is 1.38 bits per heavy atom. The normalized spacial score (nSPS) is 10.2. The molecule has 0 spiro atoms. The molecule has 2 rings (SSSR count). The van der Waals surface area contributed by atoms with Crippen LogP contribution >= 0.6 is 35.3 Å². The molecule has 0 heterocycles. The number of carbonyl (C=O) groups is 2. The number of carbonyl (C=O) groups excluding carboxylic acids is 2. The van der Waals surface area contributed by atoms with Crippen LogP contribution in [-0.4, -0.2) is 36.7 Å². The third-order valence-electron chi connectivity index (χ3n) is 3.41. The topological polar surface area (TPSA) is 52.6 Å². The summed E-state index contributed by atoms with van der Waals surface area (Å²) in [5, 5.41) is 0. The van der Waals surface area contributed by atoms with Gasteiger partial charge in [0.1, 0.15) is 13.2 Å². The molecule has 0 bridgehead atoms. The number of rotatable bonds is 12. The van der Waals surface area contributed by atoms with E-state index in [1.54, 1.807) is 35.3 Å². The van der Waals surface area contributed by atoms with E-state index >= 15 is 0 Å². The number of esters is 2. The fraction of sp³-hybridized carbons (Fsp3) is 0.182. The Hall–Kier alpha value is -2.09. The summed E-state index contributed by atoms with van der Waals surface area (Å²) in [6.45, 7) is 7.47. The average Bonchev–Trinajstić information content (AvgIpc) is 2.76. The van der Waals surface area contributed by atoms with E-state index < -0.39 is 11.9 Å². The Morgan fingerprint density at radius 2 is 1.03 bits per heavy atom. The van der Waals surface area contributed by atoms with Crippen LogP contribution in [0.25, 0.3) is 0 Å². The van der Waals surface area contributed by atoms with Gasteiger partial charge in [-0.05, 0) is 48.5 Å². The molecule has 4 nitrogen and oxygen atoms in total. The predicted octanol–water partition coefficient (Wildman–Crippen LogP) is 5.48. The molecule has 2 aromatic carbocycles. The van der Waals surface area contributed by atoms with Crippen LogP contribution in [0, 0.1) is 0 Å². The number of thioether (sulfide) groups is 2. The van der Waals surface area contributed by atoms with Crippen molar-refractivity contribution in [2.45, 2.75) is 19.6 Å². The van der Waals surface area contributed by atoms with Crippen molar-refractivity contribution >= 4 is 47.2 Å². The van der Waals surface area contributed by atoms with Crippen LogP contribution < -0.4 is 0 Å². The second-order valence-electron chi connectivity index (χ2n) is 5.49. The Balaban J connectivity index is 1.73. The molecule has 0 aliphatic heterocycles. The van der Waals surface area contributed by atoms with E-state index in [1.807, 2.05) is 0 Å². The zero-order valence-electron chi connectivity index (χ0n) is 15.9. The Labute approximate surface area is 184 Å². The Morgan fingerprint density at radius 1 is 0.690 bits per heavy atom. The van der Waals surface area contributed by atoms with Crippen LogP contribution in [0.1, 0.15) is 0 Å². The molecule has 0 amide bonds. The molecule has 0 saturated carbocycles. The summed E-state index contributed by atoms with van der Waals surface area (Å²) < 4.78 is 9.92. The van der Waals surface area contributed by atoms with E-state index in [1.165, 1.54) is 12.2 Å². The summed E-state index contributed by atoms with van der Waals surface area (Å²) in [4.78, 5) is 26.6. The highest BCUT2D eigenvalue weighted by molar-refractivity contribution is 8.00. The van der Waals surface area contributed by atoms with E-state index in [4.69, 9.17) is 9.47 Å². The first kappa shape index (κ1) is 23.2. The lowest BCUT2D eigenvalue weighted by Crippen LogP contribution is -2.03. The SMILES string of the molecule is C=CC(=O)OCCSc1ccc(Sc2ccc(SCCOC(=O)C=C)cc2)cc1. The van der Waals surface area contributed by atoms with Crippen LogP contribution in [0.5, 0.6) is 0 Å². The third kappa shape index (κ3) is 9.30. The zero-order chi connectivity index (χ0) is 20.9. The molecule has 0 saturated heterocycles. The molecule has 29 heavy (non-hydrogen) atoms. The molecule has 0 unspecified atom stereocenters. The van der Waals surface area contributed by atoms with Crippen molar-refractivity contribution < 1.29 is 19.1 Å². The van der Waals surface area contributed by atoms with Gasteiger partial charge in [0.25, 0.3) is 0 Å². The molecular formula is C22H22O4S3. The number of hydrogen-bond acceptors (Lipinski definition) is 7. The van der Waals surface area contributed by atoms with Crippen LogP contribution in [0.15, 0.2) is 93.4 Å². The monoisotopic (exact) mass is 446 g/mol. The fourth-order valence-electron chi connectivity index (χ4n) is 2.07. The van der Waals surface area contributed by atoms with Crippen LogP contribution in [-0.2, 0) is 19.1 Å². The highest BCUT2D eigenvalue weighted by Crippen LogP contribution is 2.31. The van der Waals surface area contributed by atoms with E-state index in [-0.39, 0.29) is 0 Å². The van der Waals surface area contributed by atoms with Gasteiger partial charge >= 0.3 is 11.9 Å². The Bertz CT molecular complexity index is 747. The van der Waals surface area contributed by atoms with E-state index in [2.05, 4.69) is 61.7 Å². The van der Waals surface area contributed by atoms with Gasteiger partial charge in [0.2, 0.25) is 0 Å². The summed E-state index contributed by atoms with van der Waals surface area (Å²) >= 11 is 4.98. The van der Waals surface area contributed by atoms with Gasteiger partial charge in [0.05, 0.1) is 0 Å². The molecule has 0 aliphatic rings. The minimum atomic E-state index is -0.391. The molecule has 0 N–H and O–H groups in total. The lowest BCUT2D eigenvalue weighted by atomic mass is 10.4. The quantitative estimate of drug-likeness (QED) is 0.185. The van der Waals surface area contributed by atoms with Gasteiger partial charge in [-0.15, -0.1) is 23.5 Å². The van der Waals surface area contributed by atoms with Crippen molar-refractivity contribution in [1.82, 2.24) is 0 Å². The molecule has 7 heteroatoms. The summed E-state index contributed by atoms with van der Waals surface area (Å²) in [5.74, 6) is 0.631. The number of benzene rings is 2. The maximum Gasteiger partial charge on any atom is 0.330 e. The fourth-order valence-corrected chi connectivity index (χ4v) is 4.34. The molecule has 0 fully saturated rings. The van der Waals surface area contributed by atoms with Gasteiger partial charge in [-0.2, -0.15) is 0 Å². The first-order chi connectivity index (χ1) is 14.1. The molecule has 152 valence electrons. The highest BCUT2D eigenvalue weighted by atomic mass is 32.2. The molecule has 0 aliphatic carbocycles. The van der Waals surface area contributed by atoms with Crippen molar-refractivity contribution in [3.63, 3.8) is 0 Å². The van der Waals surface area contributed by atoms with E-state index in [9.17, 15) is 9.59 Å². The van der Waals surface area contributed by atoms with Crippen molar-refractivity contribution in [3.05, 3.63) is 73.8 Å². The van der Waals surface area contributed by atoms with Crippen LogP contribution in [0.3, 0.4) is 0 Å². The predicted molar refractivity (Wildman–Crippen MR) is 121 cm³/mol. The van der Waals surface area contributed by atoms with Gasteiger partial charge in [0, 0.05) is 43.2 Å². The molecular weight excluding hydrogens is 424 g/mol. The zero-order valence-corrected chi connectivity index (χ0v) is 18.3.